The lowest BCUT2D eigenvalue weighted by Gasteiger charge is -2.47. The fraction of sp³-hybridized carbons (Fsp3) is 0.867. The van der Waals surface area contributed by atoms with E-state index in [1.807, 2.05) is 0 Å². The van der Waals surface area contributed by atoms with Crippen LogP contribution in [0.15, 0.2) is 11.6 Å². The third kappa shape index (κ3) is 0.827. The Morgan fingerprint density at radius 2 is 2.12 bits per heavy atom. The molecule has 3 aliphatic carbocycles. The van der Waals surface area contributed by atoms with E-state index in [2.05, 4.69) is 26.8 Å². The molecule has 2 saturated carbocycles. The summed E-state index contributed by atoms with van der Waals surface area (Å²) in [5, 5.41) is 9.87. The van der Waals surface area contributed by atoms with Gasteiger partial charge in [-0.25, -0.2) is 0 Å². The van der Waals surface area contributed by atoms with Crippen LogP contribution in [-0.4, -0.2) is 11.7 Å². The average molecular weight is 220 g/mol. The second-order valence-corrected chi connectivity index (χ2v) is 6.75. The summed E-state index contributed by atoms with van der Waals surface area (Å²) < 4.78 is 0. The fourth-order valence-corrected chi connectivity index (χ4v) is 5.89. The van der Waals surface area contributed by atoms with E-state index in [1.54, 1.807) is 5.57 Å². The fourth-order valence-electron chi connectivity index (χ4n) is 5.89. The molecule has 2 fully saturated rings. The van der Waals surface area contributed by atoms with Crippen molar-refractivity contribution in [1.82, 2.24) is 0 Å². The van der Waals surface area contributed by atoms with E-state index in [-0.39, 0.29) is 5.41 Å². The lowest BCUT2D eigenvalue weighted by molar-refractivity contribution is -0.00503. The minimum atomic E-state index is 0.0539. The highest BCUT2D eigenvalue weighted by atomic mass is 16.3. The van der Waals surface area contributed by atoms with Gasteiger partial charge in [-0.15, -0.1) is 0 Å². The van der Waals surface area contributed by atoms with Gasteiger partial charge in [0.05, 0.1) is 6.61 Å². The van der Waals surface area contributed by atoms with Gasteiger partial charge in [-0.1, -0.05) is 31.9 Å². The van der Waals surface area contributed by atoms with Gasteiger partial charge in [0.1, 0.15) is 0 Å². The molecule has 0 unspecified atom stereocenters. The van der Waals surface area contributed by atoms with Gasteiger partial charge in [0.15, 0.2) is 0 Å². The number of hydrogen-bond donors (Lipinski definition) is 1. The van der Waals surface area contributed by atoms with Crippen LogP contribution >= 0.6 is 0 Å². The molecular weight excluding hydrogens is 196 g/mol. The smallest absolute Gasteiger partial charge is 0.0525 e. The van der Waals surface area contributed by atoms with Gasteiger partial charge in [0.2, 0.25) is 0 Å². The summed E-state index contributed by atoms with van der Waals surface area (Å²) >= 11 is 0. The van der Waals surface area contributed by atoms with Gasteiger partial charge in [0, 0.05) is 10.8 Å². The Morgan fingerprint density at radius 1 is 1.38 bits per heavy atom. The SMILES string of the molecule is CC1=C[C@](C)(CO)[C@@]23CCC[C@@]12[C@@H](C)CC3. The van der Waals surface area contributed by atoms with Crippen molar-refractivity contribution in [1.29, 1.82) is 0 Å². The molecule has 0 aliphatic heterocycles. The molecule has 16 heavy (non-hydrogen) atoms. The van der Waals surface area contributed by atoms with E-state index >= 15 is 0 Å². The van der Waals surface area contributed by atoms with E-state index in [0.29, 0.717) is 17.4 Å². The first-order valence-electron chi connectivity index (χ1n) is 6.83. The zero-order valence-corrected chi connectivity index (χ0v) is 10.8. The zero-order chi connectivity index (χ0) is 11.6. The number of allylic oxidation sites excluding steroid dienone is 1. The van der Waals surface area contributed by atoms with E-state index in [4.69, 9.17) is 0 Å². The maximum atomic E-state index is 9.87. The van der Waals surface area contributed by atoms with Crippen LogP contribution in [0.4, 0.5) is 0 Å². The van der Waals surface area contributed by atoms with Crippen molar-refractivity contribution >= 4 is 0 Å². The molecule has 0 amide bonds. The number of hydrogen-bond acceptors (Lipinski definition) is 1. The van der Waals surface area contributed by atoms with Crippen LogP contribution in [0.3, 0.4) is 0 Å². The van der Waals surface area contributed by atoms with Crippen LogP contribution in [0.1, 0.15) is 52.9 Å². The number of rotatable bonds is 1. The Kier molecular flexibility index (Phi) is 1.98. The molecule has 0 bridgehead atoms. The predicted octanol–water partition coefficient (Wildman–Crippen LogP) is 3.53. The van der Waals surface area contributed by atoms with E-state index < -0.39 is 0 Å². The minimum absolute atomic E-state index is 0.0539. The highest BCUT2D eigenvalue weighted by Crippen LogP contribution is 2.77. The maximum absolute atomic E-state index is 9.87. The molecule has 0 radical (unpaired) electrons. The highest BCUT2D eigenvalue weighted by Gasteiger charge is 2.70. The predicted molar refractivity (Wildman–Crippen MR) is 66.1 cm³/mol. The molecule has 0 saturated heterocycles. The Hall–Kier alpha value is -0.300. The molecule has 3 aliphatic rings. The summed E-state index contributed by atoms with van der Waals surface area (Å²) in [6.07, 6.45) is 9.18. The van der Waals surface area contributed by atoms with E-state index in [1.165, 1.54) is 32.1 Å². The highest BCUT2D eigenvalue weighted by molar-refractivity contribution is 5.38. The second kappa shape index (κ2) is 2.93. The average Bonchev–Trinajstić information content (AvgIpc) is 2.81. The largest absolute Gasteiger partial charge is 0.395 e. The number of aliphatic hydroxyl groups is 1. The van der Waals surface area contributed by atoms with Crippen LogP contribution < -0.4 is 0 Å². The lowest BCUT2D eigenvalue weighted by Crippen LogP contribution is -2.44. The standard InChI is InChI=1S/C15H24O/c1-11-5-8-14-6-4-7-15(11,14)12(2)9-13(14,3)10-16/h9,11,16H,4-8,10H2,1-3H3/t11-,13+,14-,15+/m0/s1. The quantitative estimate of drug-likeness (QED) is 0.670. The zero-order valence-electron chi connectivity index (χ0n) is 10.8. The molecule has 90 valence electrons. The monoisotopic (exact) mass is 220 g/mol. The third-order valence-corrected chi connectivity index (χ3v) is 6.53. The van der Waals surface area contributed by atoms with E-state index in [0.717, 1.165) is 5.92 Å². The summed E-state index contributed by atoms with van der Waals surface area (Å²) in [6, 6.07) is 0. The second-order valence-electron chi connectivity index (χ2n) is 6.75. The van der Waals surface area contributed by atoms with Crippen LogP contribution in [0, 0.1) is 22.2 Å². The normalized spacial score (nSPS) is 55.0. The molecule has 0 aromatic rings. The van der Waals surface area contributed by atoms with Crippen molar-refractivity contribution in [2.75, 3.05) is 6.61 Å². The van der Waals surface area contributed by atoms with Crippen molar-refractivity contribution in [3.8, 4) is 0 Å². The van der Waals surface area contributed by atoms with Crippen molar-refractivity contribution in [2.45, 2.75) is 52.9 Å². The summed E-state index contributed by atoms with van der Waals surface area (Å²) in [5.74, 6) is 0.819. The van der Waals surface area contributed by atoms with Crippen molar-refractivity contribution in [3.63, 3.8) is 0 Å². The summed E-state index contributed by atoms with van der Waals surface area (Å²) in [4.78, 5) is 0. The third-order valence-electron chi connectivity index (χ3n) is 6.53. The summed E-state index contributed by atoms with van der Waals surface area (Å²) in [6.45, 7) is 7.39. The molecule has 3 rings (SSSR count). The topological polar surface area (TPSA) is 20.2 Å². The first-order valence-corrected chi connectivity index (χ1v) is 6.83. The van der Waals surface area contributed by atoms with Gasteiger partial charge >= 0.3 is 0 Å². The molecule has 4 atom stereocenters. The lowest BCUT2D eigenvalue weighted by atomic mass is 9.56. The molecule has 0 heterocycles. The molecule has 1 N–H and O–H groups in total. The molecule has 1 nitrogen and oxygen atoms in total. The summed E-state index contributed by atoms with van der Waals surface area (Å²) in [7, 11) is 0. The first kappa shape index (κ1) is 10.8. The molecular formula is C15H24O. The Morgan fingerprint density at radius 3 is 2.81 bits per heavy atom. The Labute approximate surface area is 98.9 Å². The van der Waals surface area contributed by atoms with Gasteiger partial charge in [-0.3, -0.25) is 0 Å². The van der Waals surface area contributed by atoms with Crippen LogP contribution in [0.5, 0.6) is 0 Å². The summed E-state index contributed by atoms with van der Waals surface area (Å²) in [5.41, 5.74) is 2.49. The Balaban J connectivity index is 2.20. The minimum Gasteiger partial charge on any atom is -0.395 e. The molecule has 0 spiro atoms. The van der Waals surface area contributed by atoms with Crippen molar-refractivity contribution < 1.29 is 5.11 Å². The van der Waals surface area contributed by atoms with Crippen LogP contribution in [-0.2, 0) is 0 Å². The maximum Gasteiger partial charge on any atom is 0.0525 e. The Bertz CT molecular complexity index is 358. The van der Waals surface area contributed by atoms with Gasteiger partial charge in [-0.2, -0.15) is 0 Å². The van der Waals surface area contributed by atoms with Crippen LogP contribution in [0.2, 0.25) is 0 Å². The van der Waals surface area contributed by atoms with Crippen molar-refractivity contribution in [3.05, 3.63) is 11.6 Å². The molecule has 0 aromatic carbocycles. The number of aliphatic hydroxyl groups excluding tert-OH is 1. The van der Waals surface area contributed by atoms with Crippen LogP contribution in [0.25, 0.3) is 0 Å². The van der Waals surface area contributed by atoms with Gasteiger partial charge in [-0.05, 0) is 43.9 Å². The van der Waals surface area contributed by atoms with Crippen molar-refractivity contribution in [2.24, 2.45) is 22.2 Å². The van der Waals surface area contributed by atoms with Gasteiger partial charge in [0.25, 0.3) is 0 Å². The first-order chi connectivity index (χ1) is 7.52. The molecule has 1 heteroatoms. The van der Waals surface area contributed by atoms with E-state index in [9.17, 15) is 5.11 Å². The van der Waals surface area contributed by atoms with Gasteiger partial charge < -0.3 is 5.11 Å². The molecule has 0 aromatic heterocycles.